The largest absolute Gasteiger partial charge is 0.315 e. The van der Waals surface area contributed by atoms with Gasteiger partial charge in [0.15, 0.2) is 0 Å². The first-order valence-corrected chi connectivity index (χ1v) is 4.83. The molecule has 0 saturated heterocycles. The van der Waals surface area contributed by atoms with E-state index in [0.29, 0.717) is 6.42 Å². The molecule has 1 heterocycles. The lowest BCUT2D eigenvalue weighted by atomic mass is 9.97. The smallest absolute Gasteiger partial charge is 0.234 e. The summed E-state index contributed by atoms with van der Waals surface area (Å²) in [6.45, 7) is 3.61. The number of rotatable bonds is 2. The number of carbonyl (C=O) groups excluding carboxylic acids is 1. The molecule has 0 bridgehead atoms. The molecule has 78 valence electrons. The van der Waals surface area contributed by atoms with Crippen LogP contribution in [0, 0.1) is 5.82 Å². The molecule has 1 amide bonds. The number of likely N-dealkylation sites (N-methyl/N-ethyl adjacent to an activating group) is 1. The van der Waals surface area contributed by atoms with Crippen LogP contribution in [0.1, 0.15) is 17.9 Å². The third kappa shape index (κ3) is 1.44. The Kier molecular flexibility index (Phi) is 2.31. The lowest BCUT2D eigenvalue weighted by Crippen LogP contribution is -2.23. The molecular weight excluding hydrogens is 193 g/mol. The number of fused-ring (bicyclic) bond motifs is 1. The summed E-state index contributed by atoms with van der Waals surface area (Å²) in [5.41, 5.74) is 1.57. The van der Waals surface area contributed by atoms with Crippen LogP contribution in [0.2, 0.25) is 0 Å². The lowest BCUT2D eigenvalue weighted by Gasteiger charge is -2.09. The van der Waals surface area contributed by atoms with E-state index in [1.165, 1.54) is 12.1 Å². The predicted molar refractivity (Wildman–Crippen MR) is 57.4 cm³/mol. The van der Waals surface area contributed by atoms with Crippen molar-refractivity contribution >= 4 is 11.6 Å². The van der Waals surface area contributed by atoms with Gasteiger partial charge in [-0.3, -0.25) is 4.79 Å². The Morgan fingerprint density at radius 3 is 3.00 bits per heavy atom. The maximum Gasteiger partial charge on any atom is 0.234 e. The summed E-state index contributed by atoms with van der Waals surface area (Å²) in [5.74, 6) is -0.556. The first-order chi connectivity index (χ1) is 7.15. The highest BCUT2D eigenvalue weighted by atomic mass is 19.1. The van der Waals surface area contributed by atoms with E-state index in [-0.39, 0.29) is 17.6 Å². The van der Waals surface area contributed by atoms with Gasteiger partial charge in [-0.2, -0.15) is 0 Å². The Labute approximate surface area is 88.0 Å². The minimum atomic E-state index is -0.300. The second-order valence-electron chi connectivity index (χ2n) is 3.68. The van der Waals surface area contributed by atoms with Gasteiger partial charge < -0.3 is 4.90 Å². The zero-order valence-electron chi connectivity index (χ0n) is 8.53. The van der Waals surface area contributed by atoms with E-state index >= 15 is 0 Å². The van der Waals surface area contributed by atoms with Crippen molar-refractivity contribution in [3.05, 3.63) is 42.2 Å². The fraction of sp³-hybridized carbons (Fsp3) is 0.250. The van der Waals surface area contributed by atoms with Gasteiger partial charge in [0.05, 0.1) is 5.92 Å². The van der Waals surface area contributed by atoms with E-state index in [0.717, 1.165) is 11.3 Å². The first kappa shape index (κ1) is 9.90. The molecule has 2 nitrogen and oxygen atoms in total. The zero-order chi connectivity index (χ0) is 11.0. The highest BCUT2D eigenvalue weighted by Crippen LogP contribution is 2.38. The molecule has 0 fully saturated rings. The molecule has 1 aliphatic rings. The van der Waals surface area contributed by atoms with Crippen LogP contribution in [0.25, 0.3) is 0 Å². The number of anilines is 1. The number of benzene rings is 1. The molecule has 1 aliphatic heterocycles. The van der Waals surface area contributed by atoms with Crippen molar-refractivity contribution in [2.24, 2.45) is 0 Å². The van der Waals surface area contributed by atoms with Gasteiger partial charge in [-0.1, -0.05) is 6.08 Å². The van der Waals surface area contributed by atoms with Gasteiger partial charge in [-0.25, -0.2) is 4.39 Å². The van der Waals surface area contributed by atoms with Crippen LogP contribution in [0.5, 0.6) is 0 Å². The van der Waals surface area contributed by atoms with Gasteiger partial charge in [0.2, 0.25) is 5.91 Å². The lowest BCUT2D eigenvalue weighted by molar-refractivity contribution is -0.118. The quantitative estimate of drug-likeness (QED) is 0.679. The molecule has 1 aromatic carbocycles. The number of halogens is 1. The summed E-state index contributed by atoms with van der Waals surface area (Å²) < 4.78 is 13.1. The molecule has 15 heavy (non-hydrogen) atoms. The Balaban J connectivity index is 2.51. The van der Waals surface area contributed by atoms with Crippen molar-refractivity contribution < 1.29 is 9.18 Å². The summed E-state index contributed by atoms with van der Waals surface area (Å²) in [7, 11) is 1.71. The van der Waals surface area contributed by atoms with Gasteiger partial charge in [0, 0.05) is 12.7 Å². The number of allylic oxidation sites excluding steroid dienone is 1. The highest BCUT2D eigenvalue weighted by Gasteiger charge is 2.34. The summed E-state index contributed by atoms with van der Waals surface area (Å²) in [5, 5.41) is 0. The van der Waals surface area contributed by atoms with Crippen LogP contribution < -0.4 is 4.90 Å². The molecular formula is C12H12FNO. The maximum atomic E-state index is 13.1. The standard InChI is InChI=1S/C12H12FNO/c1-3-4-9-10-7-8(13)5-6-11(10)14(2)12(9)15/h3,5-7,9H,1,4H2,2H3. The monoisotopic (exact) mass is 205 g/mol. The van der Waals surface area contributed by atoms with Crippen molar-refractivity contribution in [2.75, 3.05) is 11.9 Å². The van der Waals surface area contributed by atoms with E-state index in [9.17, 15) is 9.18 Å². The van der Waals surface area contributed by atoms with Gasteiger partial charge in [-0.05, 0) is 30.2 Å². The second-order valence-corrected chi connectivity index (χ2v) is 3.68. The normalized spacial score (nSPS) is 19.2. The van der Waals surface area contributed by atoms with E-state index in [1.54, 1.807) is 24.1 Å². The molecule has 1 atom stereocenters. The average molecular weight is 205 g/mol. The Morgan fingerprint density at radius 2 is 2.33 bits per heavy atom. The van der Waals surface area contributed by atoms with Crippen LogP contribution in [-0.2, 0) is 4.79 Å². The van der Waals surface area contributed by atoms with Crippen LogP contribution in [0.4, 0.5) is 10.1 Å². The summed E-state index contributed by atoms with van der Waals surface area (Å²) in [6.07, 6.45) is 2.25. The number of nitrogens with zero attached hydrogens (tertiary/aromatic N) is 1. The summed E-state index contributed by atoms with van der Waals surface area (Å²) in [6, 6.07) is 4.45. The van der Waals surface area contributed by atoms with Crippen molar-refractivity contribution in [1.29, 1.82) is 0 Å². The van der Waals surface area contributed by atoms with Crippen molar-refractivity contribution in [3.8, 4) is 0 Å². The van der Waals surface area contributed by atoms with Crippen molar-refractivity contribution in [3.63, 3.8) is 0 Å². The second kappa shape index (κ2) is 3.50. The Bertz CT molecular complexity index is 428. The van der Waals surface area contributed by atoms with E-state index in [4.69, 9.17) is 0 Å². The molecule has 2 rings (SSSR count). The molecule has 0 aromatic heterocycles. The number of amides is 1. The van der Waals surface area contributed by atoms with Gasteiger partial charge in [0.1, 0.15) is 5.82 Å². The Morgan fingerprint density at radius 1 is 1.60 bits per heavy atom. The third-order valence-electron chi connectivity index (χ3n) is 2.76. The number of carbonyl (C=O) groups is 1. The van der Waals surface area contributed by atoms with E-state index in [2.05, 4.69) is 6.58 Å². The molecule has 0 radical (unpaired) electrons. The molecule has 1 aromatic rings. The van der Waals surface area contributed by atoms with Gasteiger partial charge in [0.25, 0.3) is 0 Å². The molecule has 3 heteroatoms. The fourth-order valence-corrected chi connectivity index (χ4v) is 1.99. The molecule has 0 spiro atoms. The maximum absolute atomic E-state index is 13.1. The SMILES string of the molecule is C=CCC1C(=O)N(C)c2ccc(F)cc21. The molecule has 0 N–H and O–H groups in total. The average Bonchev–Trinajstić information content (AvgIpc) is 2.44. The zero-order valence-corrected chi connectivity index (χ0v) is 8.53. The summed E-state index contributed by atoms with van der Waals surface area (Å²) in [4.78, 5) is 13.4. The number of hydrogen-bond acceptors (Lipinski definition) is 1. The van der Waals surface area contributed by atoms with Crippen LogP contribution in [-0.4, -0.2) is 13.0 Å². The van der Waals surface area contributed by atoms with Crippen molar-refractivity contribution in [1.82, 2.24) is 0 Å². The predicted octanol–water partition coefficient (Wildman–Crippen LogP) is 2.46. The molecule has 0 aliphatic carbocycles. The summed E-state index contributed by atoms with van der Waals surface area (Å²) >= 11 is 0. The Hall–Kier alpha value is -1.64. The van der Waals surface area contributed by atoms with E-state index < -0.39 is 0 Å². The van der Waals surface area contributed by atoms with Gasteiger partial charge in [-0.15, -0.1) is 6.58 Å². The third-order valence-corrected chi connectivity index (χ3v) is 2.76. The molecule has 0 saturated carbocycles. The van der Waals surface area contributed by atoms with Crippen LogP contribution >= 0.6 is 0 Å². The van der Waals surface area contributed by atoms with Crippen molar-refractivity contribution in [2.45, 2.75) is 12.3 Å². The minimum Gasteiger partial charge on any atom is -0.315 e. The minimum absolute atomic E-state index is 0.00972. The van der Waals surface area contributed by atoms with E-state index in [1.807, 2.05) is 0 Å². The fourth-order valence-electron chi connectivity index (χ4n) is 1.99. The van der Waals surface area contributed by atoms with Crippen LogP contribution in [0.15, 0.2) is 30.9 Å². The molecule has 1 unspecified atom stereocenters. The van der Waals surface area contributed by atoms with Gasteiger partial charge >= 0.3 is 0 Å². The highest BCUT2D eigenvalue weighted by molar-refractivity contribution is 6.04. The first-order valence-electron chi connectivity index (χ1n) is 4.83. The topological polar surface area (TPSA) is 20.3 Å². The number of hydrogen-bond donors (Lipinski definition) is 0. The van der Waals surface area contributed by atoms with Crippen LogP contribution in [0.3, 0.4) is 0 Å².